The summed E-state index contributed by atoms with van der Waals surface area (Å²) in [5.74, 6) is 0.882. The van der Waals surface area contributed by atoms with Crippen LogP contribution in [0.5, 0.6) is 0 Å². The summed E-state index contributed by atoms with van der Waals surface area (Å²) in [6.07, 6.45) is 7.85. The highest BCUT2D eigenvalue weighted by atomic mass is 15.0. The maximum Gasteiger partial charge on any atom is 0.0483 e. The number of nitrogens with zero attached hydrogens (tertiary/aromatic N) is 1. The summed E-state index contributed by atoms with van der Waals surface area (Å²) in [6.45, 7) is 1.81. The summed E-state index contributed by atoms with van der Waals surface area (Å²) in [5.41, 5.74) is 8.29. The Kier molecular flexibility index (Phi) is 2.89. The van der Waals surface area contributed by atoms with Crippen molar-refractivity contribution >= 4 is 10.9 Å². The van der Waals surface area contributed by atoms with E-state index in [0.717, 1.165) is 5.92 Å². The number of hydrogen-bond acceptors (Lipinski definition) is 1. The molecule has 1 aliphatic rings. The second-order valence-electron chi connectivity index (χ2n) is 5.22. The Morgan fingerprint density at radius 1 is 1.18 bits per heavy atom. The van der Waals surface area contributed by atoms with Crippen LogP contribution in [0.15, 0.2) is 30.5 Å². The Balaban J connectivity index is 1.92. The maximum atomic E-state index is 5.71. The van der Waals surface area contributed by atoms with Gasteiger partial charge in [-0.1, -0.05) is 25.0 Å². The third-order valence-corrected chi connectivity index (χ3v) is 4.00. The molecule has 1 saturated carbocycles. The van der Waals surface area contributed by atoms with Crippen molar-refractivity contribution in [1.29, 1.82) is 0 Å². The molecule has 0 atom stereocenters. The van der Waals surface area contributed by atoms with Gasteiger partial charge >= 0.3 is 0 Å². The van der Waals surface area contributed by atoms with Crippen LogP contribution in [0.2, 0.25) is 0 Å². The maximum absolute atomic E-state index is 5.71. The molecule has 1 aromatic carbocycles. The van der Waals surface area contributed by atoms with Crippen LogP contribution in [0.25, 0.3) is 10.9 Å². The number of aromatic nitrogens is 1. The zero-order valence-corrected chi connectivity index (χ0v) is 10.2. The third-order valence-electron chi connectivity index (χ3n) is 4.00. The van der Waals surface area contributed by atoms with Gasteiger partial charge in [0.05, 0.1) is 0 Å². The first-order valence-corrected chi connectivity index (χ1v) is 6.64. The van der Waals surface area contributed by atoms with E-state index >= 15 is 0 Å². The van der Waals surface area contributed by atoms with E-state index in [0.29, 0.717) is 6.54 Å². The number of hydrogen-bond donors (Lipinski definition) is 1. The van der Waals surface area contributed by atoms with Gasteiger partial charge in [0.15, 0.2) is 0 Å². The van der Waals surface area contributed by atoms with Gasteiger partial charge in [-0.25, -0.2) is 0 Å². The van der Waals surface area contributed by atoms with E-state index in [1.807, 2.05) is 0 Å². The van der Waals surface area contributed by atoms with E-state index in [9.17, 15) is 0 Å². The average molecular weight is 228 g/mol. The van der Waals surface area contributed by atoms with Crippen LogP contribution in [0.3, 0.4) is 0 Å². The van der Waals surface area contributed by atoms with Crippen LogP contribution < -0.4 is 5.73 Å². The lowest BCUT2D eigenvalue weighted by molar-refractivity contribution is 0.466. The van der Waals surface area contributed by atoms with E-state index in [2.05, 4.69) is 35.0 Å². The molecular weight excluding hydrogens is 208 g/mol. The smallest absolute Gasteiger partial charge is 0.0483 e. The van der Waals surface area contributed by atoms with E-state index in [1.165, 1.54) is 48.7 Å². The zero-order chi connectivity index (χ0) is 11.7. The molecule has 2 aromatic rings. The van der Waals surface area contributed by atoms with E-state index in [-0.39, 0.29) is 0 Å². The van der Waals surface area contributed by atoms with Gasteiger partial charge in [-0.15, -0.1) is 0 Å². The fourth-order valence-corrected chi connectivity index (χ4v) is 2.99. The summed E-state index contributed by atoms with van der Waals surface area (Å²) < 4.78 is 2.41. The van der Waals surface area contributed by atoms with Gasteiger partial charge in [0.1, 0.15) is 0 Å². The van der Waals surface area contributed by atoms with Crippen molar-refractivity contribution in [3.8, 4) is 0 Å². The molecule has 0 aliphatic heterocycles. The molecule has 2 N–H and O–H groups in total. The van der Waals surface area contributed by atoms with Gasteiger partial charge < -0.3 is 10.3 Å². The molecule has 3 rings (SSSR count). The summed E-state index contributed by atoms with van der Waals surface area (Å²) in [4.78, 5) is 0. The Labute approximate surface area is 102 Å². The third kappa shape index (κ3) is 2.09. The Hall–Kier alpha value is -1.28. The van der Waals surface area contributed by atoms with Gasteiger partial charge in [-0.2, -0.15) is 0 Å². The van der Waals surface area contributed by atoms with Crippen molar-refractivity contribution in [2.24, 2.45) is 11.7 Å². The van der Waals surface area contributed by atoms with Crippen LogP contribution in [-0.4, -0.2) is 4.57 Å². The van der Waals surface area contributed by atoms with Gasteiger partial charge in [0.25, 0.3) is 0 Å². The van der Waals surface area contributed by atoms with Crippen LogP contribution in [0.1, 0.15) is 31.2 Å². The van der Waals surface area contributed by atoms with Crippen LogP contribution >= 0.6 is 0 Å². The monoisotopic (exact) mass is 228 g/mol. The van der Waals surface area contributed by atoms with Crippen molar-refractivity contribution < 1.29 is 0 Å². The van der Waals surface area contributed by atoms with Crippen molar-refractivity contribution in [3.05, 3.63) is 36.0 Å². The fourth-order valence-electron chi connectivity index (χ4n) is 2.99. The second kappa shape index (κ2) is 4.53. The minimum atomic E-state index is 0.630. The largest absolute Gasteiger partial charge is 0.347 e. The van der Waals surface area contributed by atoms with Gasteiger partial charge in [-0.05, 0) is 41.8 Å². The quantitative estimate of drug-likeness (QED) is 0.858. The lowest BCUT2D eigenvalue weighted by Crippen LogP contribution is -2.06. The molecule has 1 fully saturated rings. The molecule has 1 heterocycles. The summed E-state index contributed by atoms with van der Waals surface area (Å²) in [5, 5.41) is 1.33. The average Bonchev–Trinajstić information content (AvgIpc) is 2.99. The van der Waals surface area contributed by atoms with Crippen molar-refractivity contribution in [1.82, 2.24) is 4.57 Å². The lowest BCUT2D eigenvalue weighted by atomic mass is 10.1. The molecule has 0 saturated heterocycles. The molecule has 17 heavy (non-hydrogen) atoms. The highest BCUT2D eigenvalue weighted by Gasteiger charge is 2.16. The first kappa shape index (κ1) is 10.8. The molecule has 0 unspecified atom stereocenters. The minimum Gasteiger partial charge on any atom is -0.347 e. The molecule has 0 bridgehead atoms. The Morgan fingerprint density at radius 2 is 2.00 bits per heavy atom. The molecule has 2 heteroatoms. The second-order valence-corrected chi connectivity index (χ2v) is 5.22. The summed E-state index contributed by atoms with van der Waals surface area (Å²) in [7, 11) is 0. The normalized spacial score (nSPS) is 17.0. The molecule has 1 aromatic heterocycles. The fraction of sp³-hybridized carbons (Fsp3) is 0.467. The first-order chi connectivity index (χ1) is 8.36. The highest BCUT2D eigenvalue weighted by Crippen LogP contribution is 2.28. The highest BCUT2D eigenvalue weighted by molar-refractivity contribution is 5.80. The Bertz CT molecular complexity index is 507. The Morgan fingerprint density at radius 3 is 2.76 bits per heavy atom. The molecule has 0 radical (unpaired) electrons. The summed E-state index contributed by atoms with van der Waals surface area (Å²) in [6, 6.07) is 8.76. The van der Waals surface area contributed by atoms with Crippen LogP contribution in [-0.2, 0) is 13.1 Å². The number of nitrogens with two attached hydrogens (primary N) is 1. The SMILES string of the molecule is NCc1ccc2ccn(CC3CCCC3)c2c1. The first-order valence-electron chi connectivity index (χ1n) is 6.64. The van der Waals surface area contributed by atoms with E-state index in [4.69, 9.17) is 5.73 Å². The zero-order valence-electron chi connectivity index (χ0n) is 10.2. The standard InChI is InChI=1S/C15H20N2/c16-10-13-5-6-14-7-8-17(15(14)9-13)11-12-3-1-2-4-12/h5-9,12H,1-4,10-11,16H2. The van der Waals surface area contributed by atoms with Crippen molar-refractivity contribution in [2.45, 2.75) is 38.8 Å². The predicted molar refractivity (Wildman–Crippen MR) is 71.8 cm³/mol. The van der Waals surface area contributed by atoms with Gasteiger partial charge in [0, 0.05) is 24.8 Å². The number of fused-ring (bicyclic) bond motifs is 1. The van der Waals surface area contributed by atoms with Crippen LogP contribution in [0.4, 0.5) is 0 Å². The summed E-state index contributed by atoms with van der Waals surface area (Å²) >= 11 is 0. The molecule has 0 amide bonds. The van der Waals surface area contributed by atoms with E-state index in [1.54, 1.807) is 0 Å². The minimum absolute atomic E-state index is 0.630. The van der Waals surface area contributed by atoms with Gasteiger partial charge in [-0.3, -0.25) is 0 Å². The lowest BCUT2D eigenvalue weighted by Gasteiger charge is -2.12. The molecular formula is C15H20N2. The molecule has 2 nitrogen and oxygen atoms in total. The van der Waals surface area contributed by atoms with Crippen LogP contribution in [0, 0.1) is 5.92 Å². The number of benzene rings is 1. The molecule has 1 aliphatic carbocycles. The van der Waals surface area contributed by atoms with Crippen molar-refractivity contribution in [3.63, 3.8) is 0 Å². The molecule has 90 valence electrons. The van der Waals surface area contributed by atoms with Crippen molar-refractivity contribution in [2.75, 3.05) is 0 Å². The molecule has 0 spiro atoms. The van der Waals surface area contributed by atoms with E-state index < -0.39 is 0 Å². The number of rotatable bonds is 3. The predicted octanol–water partition coefficient (Wildman–Crippen LogP) is 3.29. The topological polar surface area (TPSA) is 30.9 Å². The van der Waals surface area contributed by atoms with Gasteiger partial charge in [0.2, 0.25) is 0 Å².